The van der Waals surface area contributed by atoms with Gasteiger partial charge in [-0.1, -0.05) is 19.1 Å². The smallest absolute Gasteiger partial charge is 0.257 e. The molecule has 32 heavy (non-hydrogen) atoms. The fourth-order valence-corrected chi connectivity index (χ4v) is 4.56. The van der Waals surface area contributed by atoms with Gasteiger partial charge in [-0.2, -0.15) is 0 Å². The molecule has 2 rings (SSSR count). The lowest BCUT2D eigenvalue weighted by Crippen LogP contribution is -2.28. The number of benzene rings is 2. The van der Waals surface area contributed by atoms with E-state index in [2.05, 4.69) is 10.6 Å². The van der Waals surface area contributed by atoms with Crippen LogP contribution in [0.5, 0.6) is 0 Å². The van der Waals surface area contributed by atoms with Crippen LogP contribution in [0.1, 0.15) is 30.1 Å². The molecule has 0 aliphatic heterocycles. The van der Waals surface area contributed by atoms with Crippen LogP contribution < -0.4 is 14.9 Å². The predicted molar refractivity (Wildman–Crippen MR) is 126 cm³/mol. The largest absolute Gasteiger partial charge is 0.355 e. The number of hydrogen-bond donors (Lipinski definition) is 3. The zero-order valence-electron chi connectivity index (χ0n) is 18.3. The Balaban J connectivity index is 2.10. The van der Waals surface area contributed by atoms with Crippen LogP contribution in [0.2, 0.25) is 0 Å². The second-order valence-corrected chi connectivity index (χ2v) is 11.4. The molecule has 3 N–H and O–H groups in total. The molecule has 0 saturated heterocycles. The molecule has 9 nitrogen and oxygen atoms in total. The first-order valence-electron chi connectivity index (χ1n) is 9.93. The van der Waals surface area contributed by atoms with E-state index in [1.165, 1.54) is 43.4 Å². The van der Waals surface area contributed by atoms with Gasteiger partial charge in [-0.05, 0) is 42.8 Å². The van der Waals surface area contributed by atoms with Crippen LogP contribution in [0.3, 0.4) is 0 Å². The van der Waals surface area contributed by atoms with E-state index in [0.29, 0.717) is 18.5 Å². The van der Waals surface area contributed by atoms with Gasteiger partial charge in [0.05, 0.1) is 33.0 Å². The summed E-state index contributed by atoms with van der Waals surface area (Å²) in [6.45, 7) is 2.03. The van der Waals surface area contributed by atoms with Gasteiger partial charge < -0.3 is 10.6 Å². The van der Waals surface area contributed by atoms with Crippen molar-refractivity contribution in [2.75, 3.05) is 35.2 Å². The highest BCUT2D eigenvalue weighted by Crippen LogP contribution is 2.23. The summed E-state index contributed by atoms with van der Waals surface area (Å²) in [5.41, 5.74) is 0.821. The number of hydrogen-bond acceptors (Lipinski definition) is 6. The fraction of sp³-hybridized carbons (Fsp3) is 0.333. The molecule has 0 aliphatic carbocycles. The lowest BCUT2D eigenvalue weighted by Gasteiger charge is -2.19. The third-order valence-corrected chi connectivity index (χ3v) is 7.67. The summed E-state index contributed by atoms with van der Waals surface area (Å²) in [5, 5.41) is 5.33. The van der Waals surface area contributed by atoms with Crippen molar-refractivity contribution >= 4 is 42.9 Å². The molecule has 0 fully saturated rings. The van der Waals surface area contributed by atoms with Crippen LogP contribution in [0.25, 0.3) is 0 Å². The summed E-state index contributed by atoms with van der Waals surface area (Å²) in [7, 11) is -5.29. The fourth-order valence-electron chi connectivity index (χ4n) is 2.84. The van der Waals surface area contributed by atoms with E-state index in [0.717, 1.165) is 10.6 Å². The van der Waals surface area contributed by atoms with E-state index in [-0.39, 0.29) is 34.4 Å². The first-order chi connectivity index (χ1) is 15.0. The van der Waals surface area contributed by atoms with E-state index in [1.54, 1.807) is 12.1 Å². The number of sulfonamides is 1. The summed E-state index contributed by atoms with van der Waals surface area (Å²) in [6.07, 6.45) is 2.15. The molecular formula is C21H28N4O5S2. The number of rotatable bonds is 10. The molecule has 0 saturated carbocycles. The SMILES string of the molecule is CCCC(=O)NCCS(=N)(=O)c1ccc(NC(=O)c2ccccc2N(C)S(C)(=O)=O)cc1. The second kappa shape index (κ2) is 10.6. The van der Waals surface area contributed by atoms with Gasteiger partial charge in [-0.15, -0.1) is 0 Å². The lowest BCUT2D eigenvalue weighted by molar-refractivity contribution is -0.120. The zero-order chi connectivity index (χ0) is 23.9. The summed E-state index contributed by atoms with van der Waals surface area (Å²) < 4.78 is 45.5. The molecule has 11 heteroatoms. The first kappa shape index (κ1) is 25.3. The summed E-state index contributed by atoms with van der Waals surface area (Å²) in [4.78, 5) is 24.5. The highest BCUT2D eigenvalue weighted by atomic mass is 32.2. The number of nitrogens with zero attached hydrogens (tertiary/aromatic N) is 1. The summed E-state index contributed by atoms with van der Waals surface area (Å²) in [6, 6.07) is 12.4. The van der Waals surface area contributed by atoms with Gasteiger partial charge in [-0.3, -0.25) is 13.9 Å². The van der Waals surface area contributed by atoms with Gasteiger partial charge in [-0.25, -0.2) is 17.4 Å². The Hall–Kier alpha value is -2.92. The topological polar surface area (TPSA) is 136 Å². The molecule has 0 spiro atoms. The van der Waals surface area contributed by atoms with Crippen LogP contribution in [0.15, 0.2) is 53.4 Å². The number of amides is 2. The number of anilines is 2. The van der Waals surface area contributed by atoms with E-state index >= 15 is 0 Å². The van der Waals surface area contributed by atoms with Crippen molar-refractivity contribution in [3.63, 3.8) is 0 Å². The molecular weight excluding hydrogens is 452 g/mol. The Kier molecular flexibility index (Phi) is 8.39. The van der Waals surface area contributed by atoms with Gasteiger partial charge in [0.2, 0.25) is 15.9 Å². The lowest BCUT2D eigenvalue weighted by atomic mass is 10.1. The summed E-state index contributed by atoms with van der Waals surface area (Å²) in [5.74, 6) is -0.657. The van der Waals surface area contributed by atoms with E-state index in [9.17, 15) is 22.2 Å². The zero-order valence-corrected chi connectivity index (χ0v) is 19.9. The number of carbonyl (C=O) groups is 2. The van der Waals surface area contributed by atoms with Crippen LogP contribution in [0, 0.1) is 4.78 Å². The van der Waals surface area contributed by atoms with Crippen molar-refractivity contribution < 1.29 is 22.2 Å². The molecule has 1 unspecified atom stereocenters. The Morgan fingerprint density at radius 1 is 1.03 bits per heavy atom. The van der Waals surface area contributed by atoms with Crippen molar-refractivity contribution in [1.82, 2.24) is 5.32 Å². The second-order valence-electron chi connectivity index (χ2n) is 7.21. The maximum Gasteiger partial charge on any atom is 0.257 e. The van der Waals surface area contributed by atoms with Gasteiger partial charge in [0, 0.05) is 30.6 Å². The van der Waals surface area contributed by atoms with Gasteiger partial charge >= 0.3 is 0 Å². The molecule has 1 atom stereocenters. The van der Waals surface area contributed by atoms with Crippen molar-refractivity contribution in [3.05, 3.63) is 54.1 Å². The third-order valence-electron chi connectivity index (χ3n) is 4.67. The van der Waals surface area contributed by atoms with Crippen molar-refractivity contribution in [2.45, 2.75) is 24.7 Å². The van der Waals surface area contributed by atoms with Crippen LogP contribution in [-0.4, -0.2) is 50.0 Å². The maximum absolute atomic E-state index is 12.7. The number of para-hydroxylation sites is 1. The van der Waals surface area contributed by atoms with Gasteiger partial charge in [0.15, 0.2) is 0 Å². The molecule has 174 valence electrons. The van der Waals surface area contributed by atoms with E-state index in [4.69, 9.17) is 4.78 Å². The van der Waals surface area contributed by atoms with Crippen LogP contribution in [0.4, 0.5) is 11.4 Å². The van der Waals surface area contributed by atoms with Gasteiger partial charge in [0.25, 0.3) is 5.91 Å². The van der Waals surface area contributed by atoms with Crippen molar-refractivity contribution in [1.29, 1.82) is 4.78 Å². The minimum Gasteiger partial charge on any atom is -0.355 e. The van der Waals surface area contributed by atoms with Crippen molar-refractivity contribution in [2.24, 2.45) is 0 Å². The minimum atomic E-state index is -3.55. The summed E-state index contributed by atoms with van der Waals surface area (Å²) >= 11 is 0. The van der Waals surface area contributed by atoms with E-state index < -0.39 is 25.7 Å². The number of carbonyl (C=O) groups excluding carboxylic acids is 2. The Morgan fingerprint density at radius 3 is 2.25 bits per heavy atom. The maximum atomic E-state index is 12.7. The first-order valence-corrected chi connectivity index (χ1v) is 13.5. The van der Waals surface area contributed by atoms with E-state index in [1.807, 2.05) is 6.92 Å². The van der Waals surface area contributed by atoms with Gasteiger partial charge in [0.1, 0.15) is 0 Å². The Bertz CT molecular complexity index is 1180. The Morgan fingerprint density at radius 2 is 1.66 bits per heavy atom. The molecule has 2 aromatic rings. The minimum absolute atomic E-state index is 0.0145. The monoisotopic (exact) mass is 480 g/mol. The third kappa shape index (κ3) is 6.79. The average molecular weight is 481 g/mol. The highest BCUT2D eigenvalue weighted by Gasteiger charge is 2.19. The Labute approximate surface area is 189 Å². The molecule has 2 amide bonds. The van der Waals surface area contributed by atoms with Crippen LogP contribution >= 0.6 is 0 Å². The molecule has 0 radical (unpaired) electrons. The quantitative estimate of drug-likeness (QED) is 0.480. The molecule has 0 bridgehead atoms. The number of nitrogens with one attached hydrogen (secondary N) is 3. The van der Waals surface area contributed by atoms with Crippen LogP contribution in [-0.2, 0) is 24.5 Å². The van der Waals surface area contributed by atoms with Crippen molar-refractivity contribution in [3.8, 4) is 0 Å². The molecule has 0 aromatic heterocycles. The standard InChI is InChI=1S/C21H28N4O5S2/c1-4-7-20(26)23-14-15-32(22,30)17-12-10-16(11-13-17)24-21(27)18-8-5-6-9-19(18)25(2)31(3,28)29/h5-6,8-13,22H,4,7,14-15H2,1-3H3,(H,23,26)(H,24,27). The molecule has 2 aromatic carbocycles. The molecule has 0 aliphatic rings. The average Bonchev–Trinajstić information content (AvgIpc) is 2.73. The highest BCUT2D eigenvalue weighted by molar-refractivity contribution is 7.92. The predicted octanol–water partition coefficient (Wildman–Crippen LogP) is 2.66. The normalized spacial score (nSPS) is 13.1. The molecule has 0 heterocycles.